The minimum atomic E-state index is 0.531. The standard InChI is InChI=1S/C10H16O2/c11-9-12-10-7-5-3-1-2-4-6-8-10/h7,9H,1-6,8H2. The molecule has 0 radical (unpaired) electrons. The molecule has 0 fully saturated rings. The van der Waals surface area contributed by atoms with E-state index in [1.165, 1.54) is 25.7 Å². The van der Waals surface area contributed by atoms with E-state index in [-0.39, 0.29) is 0 Å². The lowest BCUT2D eigenvalue weighted by atomic mass is 10.1. The van der Waals surface area contributed by atoms with E-state index in [1.54, 1.807) is 0 Å². The summed E-state index contributed by atoms with van der Waals surface area (Å²) < 4.78 is 4.85. The van der Waals surface area contributed by atoms with Gasteiger partial charge in [0.15, 0.2) is 0 Å². The van der Waals surface area contributed by atoms with Gasteiger partial charge in [-0.25, -0.2) is 0 Å². The lowest BCUT2D eigenvalue weighted by Crippen LogP contribution is -1.89. The molecule has 0 amide bonds. The van der Waals surface area contributed by atoms with Crippen LogP contribution in [0.2, 0.25) is 0 Å². The van der Waals surface area contributed by atoms with Gasteiger partial charge >= 0.3 is 0 Å². The van der Waals surface area contributed by atoms with Crippen LogP contribution in [-0.4, -0.2) is 6.47 Å². The third-order valence-corrected chi connectivity index (χ3v) is 2.20. The van der Waals surface area contributed by atoms with Crippen molar-refractivity contribution in [3.8, 4) is 0 Å². The van der Waals surface area contributed by atoms with E-state index in [9.17, 15) is 4.79 Å². The summed E-state index contributed by atoms with van der Waals surface area (Å²) >= 11 is 0. The topological polar surface area (TPSA) is 26.3 Å². The third kappa shape index (κ3) is 3.56. The second-order valence-corrected chi connectivity index (χ2v) is 3.19. The van der Waals surface area contributed by atoms with Gasteiger partial charge in [0.05, 0.1) is 0 Å². The normalized spacial score (nSPS) is 19.8. The van der Waals surface area contributed by atoms with Crippen molar-refractivity contribution in [1.82, 2.24) is 0 Å². The van der Waals surface area contributed by atoms with E-state index >= 15 is 0 Å². The average Bonchev–Trinajstić information content (AvgIpc) is 2.19. The highest BCUT2D eigenvalue weighted by Gasteiger charge is 2.01. The van der Waals surface area contributed by atoms with Gasteiger partial charge in [-0.05, 0) is 25.3 Å². The molecule has 0 heterocycles. The van der Waals surface area contributed by atoms with Crippen molar-refractivity contribution in [1.29, 1.82) is 0 Å². The number of hydrogen-bond donors (Lipinski definition) is 0. The fourth-order valence-corrected chi connectivity index (χ4v) is 1.51. The van der Waals surface area contributed by atoms with E-state index in [2.05, 4.69) is 6.08 Å². The van der Waals surface area contributed by atoms with Gasteiger partial charge in [-0.2, -0.15) is 0 Å². The van der Waals surface area contributed by atoms with E-state index in [0.717, 1.165) is 25.0 Å². The molecule has 0 aliphatic heterocycles. The first-order valence-electron chi connectivity index (χ1n) is 4.73. The molecular formula is C10H16O2. The van der Waals surface area contributed by atoms with Crippen LogP contribution in [0, 0.1) is 0 Å². The molecule has 68 valence electrons. The van der Waals surface area contributed by atoms with Crippen molar-refractivity contribution in [2.45, 2.75) is 44.9 Å². The van der Waals surface area contributed by atoms with Gasteiger partial charge in [0, 0.05) is 6.42 Å². The summed E-state index contributed by atoms with van der Waals surface area (Å²) in [6, 6.07) is 0. The molecule has 0 aromatic heterocycles. The Morgan fingerprint density at radius 2 is 1.92 bits per heavy atom. The Hall–Kier alpha value is -0.790. The van der Waals surface area contributed by atoms with Gasteiger partial charge in [-0.3, -0.25) is 4.79 Å². The lowest BCUT2D eigenvalue weighted by molar-refractivity contribution is -0.125. The monoisotopic (exact) mass is 168 g/mol. The molecule has 12 heavy (non-hydrogen) atoms. The molecule has 1 aliphatic rings. The van der Waals surface area contributed by atoms with Crippen LogP contribution in [0.3, 0.4) is 0 Å². The van der Waals surface area contributed by atoms with Crippen molar-refractivity contribution >= 4 is 6.47 Å². The smallest absolute Gasteiger partial charge is 0.298 e. The molecule has 1 aliphatic carbocycles. The molecule has 0 saturated carbocycles. The average molecular weight is 168 g/mol. The second-order valence-electron chi connectivity index (χ2n) is 3.19. The molecule has 0 bridgehead atoms. The number of carbonyl (C=O) groups is 1. The maximum absolute atomic E-state index is 10.1. The van der Waals surface area contributed by atoms with E-state index in [1.807, 2.05) is 0 Å². The predicted octanol–water partition coefficient (Wildman–Crippen LogP) is 2.79. The summed E-state index contributed by atoms with van der Waals surface area (Å²) in [6.07, 6.45) is 10.3. The summed E-state index contributed by atoms with van der Waals surface area (Å²) in [5.41, 5.74) is 0. The van der Waals surface area contributed by atoms with Crippen LogP contribution in [0.5, 0.6) is 0 Å². The number of rotatable bonds is 2. The summed E-state index contributed by atoms with van der Waals surface area (Å²) in [6.45, 7) is 0.531. The highest BCUT2D eigenvalue weighted by molar-refractivity contribution is 5.39. The van der Waals surface area contributed by atoms with E-state index in [4.69, 9.17) is 4.74 Å². The molecule has 0 saturated heterocycles. The van der Waals surface area contributed by atoms with Gasteiger partial charge in [0.25, 0.3) is 6.47 Å². The van der Waals surface area contributed by atoms with Crippen LogP contribution in [0.1, 0.15) is 44.9 Å². The summed E-state index contributed by atoms with van der Waals surface area (Å²) in [5, 5.41) is 0. The fourth-order valence-electron chi connectivity index (χ4n) is 1.51. The zero-order chi connectivity index (χ0) is 8.65. The molecule has 0 spiro atoms. The highest BCUT2D eigenvalue weighted by Crippen LogP contribution is 2.16. The van der Waals surface area contributed by atoms with Gasteiger partial charge < -0.3 is 4.74 Å². The Morgan fingerprint density at radius 1 is 1.17 bits per heavy atom. The van der Waals surface area contributed by atoms with Crippen molar-refractivity contribution in [3.05, 3.63) is 11.8 Å². The summed E-state index contributed by atoms with van der Waals surface area (Å²) in [7, 11) is 0. The first-order chi connectivity index (χ1) is 5.93. The number of allylic oxidation sites excluding steroid dienone is 2. The quantitative estimate of drug-likeness (QED) is 0.592. The second kappa shape index (κ2) is 5.81. The van der Waals surface area contributed by atoms with Crippen LogP contribution in [0.25, 0.3) is 0 Å². The Morgan fingerprint density at radius 3 is 2.75 bits per heavy atom. The van der Waals surface area contributed by atoms with E-state index < -0.39 is 0 Å². The molecule has 0 N–H and O–H groups in total. The maximum atomic E-state index is 10.1. The Kier molecular flexibility index (Phi) is 4.50. The SMILES string of the molecule is O=COC1=CCCCCCCC1. The first kappa shape index (κ1) is 9.30. The first-order valence-corrected chi connectivity index (χ1v) is 4.73. The van der Waals surface area contributed by atoms with Gasteiger partial charge in [0.2, 0.25) is 0 Å². The zero-order valence-electron chi connectivity index (χ0n) is 7.42. The minimum absolute atomic E-state index is 0.531. The zero-order valence-corrected chi connectivity index (χ0v) is 7.42. The number of carbonyl (C=O) groups excluding carboxylic acids is 1. The van der Waals surface area contributed by atoms with Crippen LogP contribution in [0.15, 0.2) is 11.8 Å². The lowest BCUT2D eigenvalue weighted by Gasteiger charge is -2.01. The summed E-state index contributed by atoms with van der Waals surface area (Å²) in [4.78, 5) is 10.1. The van der Waals surface area contributed by atoms with Crippen LogP contribution in [0.4, 0.5) is 0 Å². The van der Waals surface area contributed by atoms with Crippen molar-refractivity contribution in [3.63, 3.8) is 0 Å². The van der Waals surface area contributed by atoms with Gasteiger partial charge in [-0.1, -0.05) is 19.3 Å². The Balaban J connectivity index is 2.37. The van der Waals surface area contributed by atoms with Crippen LogP contribution in [-0.2, 0) is 9.53 Å². The van der Waals surface area contributed by atoms with Gasteiger partial charge in [0.1, 0.15) is 5.76 Å². The molecule has 0 aromatic carbocycles. The predicted molar refractivity (Wildman–Crippen MR) is 47.6 cm³/mol. The molecule has 1 rings (SSSR count). The molecule has 0 atom stereocenters. The van der Waals surface area contributed by atoms with Crippen LogP contribution >= 0.6 is 0 Å². The summed E-state index contributed by atoms with van der Waals surface area (Å²) in [5.74, 6) is 0.868. The number of ether oxygens (including phenoxy) is 1. The van der Waals surface area contributed by atoms with Crippen LogP contribution < -0.4 is 0 Å². The molecule has 0 unspecified atom stereocenters. The molecule has 2 heteroatoms. The number of hydrogen-bond acceptors (Lipinski definition) is 2. The van der Waals surface area contributed by atoms with E-state index in [0.29, 0.717) is 6.47 Å². The largest absolute Gasteiger partial charge is 0.434 e. The molecule has 2 nitrogen and oxygen atoms in total. The Labute approximate surface area is 73.6 Å². The molecule has 0 aromatic rings. The van der Waals surface area contributed by atoms with Crippen molar-refractivity contribution in [2.24, 2.45) is 0 Å². The van der Waals surface area contributed by atoms with Gasteiger partial charge in [-0.15, -0.1) is 0 Å². The van der Waals surface area contributed by atoms with Crippen molar-refractivity contribution in [2.75, 3.05) is 0 Å². The highest BCUT2D eigenvalue weighted by atomic mass is 16.5. The third-order valence-electron chi connectivity index (χ3n) is 2.20. The minimum Gasteiger partial charge on any atom is -0.434 e. The molecular weight excluding hydrogens is 152 g/mol. The fraction of sp³-hybridized carbons (Fsp3) is 0.700. The van der Waals surface area contributed by atoms with Crippen molar-refractivity contribution < 1.29 is 9.53 Å². The maximum Gasteiger partial charge on any atom is 0.298 e. The Bertz CT molecular complexity index is 161.